The normalized spacial score (nSPS) is 17.8. The fourth-order valence-electron chi connectivity index (χ4n) is 1.95. The molecule has 0 unspecified atom stereocenters. The molecule has 0 amide bonds. The van der Waals surface area contributed by atoms with Crippen molar-refractivity contribution >= 4 is 17.8 Å². The minimum absolute atomic E-state index is 0.380. The number of nitrogens with one attached hydrogen (secondary N) is 2. The molecule has 0 aliphatic heterocycles. The number of hydrogen-bond acceptors (Lipinski definition) is 6. The maximum Gasteiger partial charge on any atom is 0.315 e. The average Bonchev–Trinajstić information content (AvgIpc) is 2.74. The van der Waals surface area contributed by atoms with Gasteiger partial charge in [0.25, 0.3) is 0 Å². The molecule has 6 heteroatoms. The molecule has 1 heterocycles. The van der Waals surface area contributed by atoms with Crippen LogP contribution in [0.25, 0.3) is 0 Å². The standard InChI is InChI=1S/C12H22N4OS/c1-9(2)13-7-10-15-16-11(17-10)14-8-12(18-3)5-4-6-12/h9,13H,4-8H2,1-3H3,(H,14,16). The van der Waals surface area contributed by atoms with E-state index in [1.807, 2.05) is 11.8 Å². The lowest BCUT2D eigenvalue weighted by Gasteiger charge is -2.40. The predicted molar refractivity (Wildman–Crippen MR) is 74.9 cm³/mol. The van der Waals surface area contributed by atoms with Crippen molar-refractivity contribution in [2.24, 2.45) is 0 Å². The van der Waals surface area contributed by atoms with Crippen LogP contribution in [-0.2, 0) is 6.54 Å². The van der Waals surface area contributed by atoms with Gasteiger partial charge in [0.1, 0.15) is 0 Å². The van der Waals surface area contributed by atoms with Gasteiger partial charge in [-0.25, -0.2) is 0 Å². The molecule has 0 atom stereocenters. The van der Waals surface area contributed by atoms with Gasteiger partial charge in [-0.2, -0.15) is 11.8 Å². The highest BCUT2D eigenvalue weighted by atomic mass is 32.2. The van der Waals surface area contributed by atoms with E-state index in [-0.39, 0.29) is 0 Å². The van der Waals surface area contributed by atoms with Crippen molar-refractivity contribution in [2.45, 2.75) is 50.4 Å². The molecule has 1 saturated carbocycles. The van der Waals surface area contributed by atoms with Crippen molar-refractivity contribution < 1.29 is 4.42 Å². The van der Waals surface area contributed by atoms with E-state index in [2.05, 4.69) is 40.9 Å². The van der Waals surface area contributed by atoms with Crippen molar-refractivity contribution in [1.29, 1.82) is 0 Å². The highest BCUT2D eigenvalue weighted by Crippen LogP contribution is 2.42. The molecule has 1 aromatic rings. The summed E-state index contributed by atoms with van der Waals surface area (Å²) in [5.41, 5.74) is 0. The number of anilines is 1. The van der Waals surface area contributed by atoms with E-state index in [1.54, 1.807) is 0 Å². The summed E-state index contributed by atoms with van der Waals surface area (Å²) in [6.07, 6.45) is 6.05. The Morgan fingerprint density at radius 3 is 2.72 bits per heavy atom. The molecule has 5 nitrogen and oxygen atoms in total. The largest absolute Gasteiger partial charge is 0.407 e. The summed E-state index contributed by atoms with van der Waals surface area (Å²) in [5, 5.41) is 14.5. The van der Waals surface area contributed by atoms with Crippen molar-refractivity contribution in [1.82, 2.24) is 15.5 Å². The first-order valence-electron chi connectivity index (χ1n) is 6.48. The number of thioether (sulfide) groups is 1. The van der Waals surface area contributed by atoms with Gasteiger partial charge in [0.15, 0.2) is 0 Å². The quantitative estimate of drug-likeness (QED) is 0.792. The number of nitrogens with zero attached hydrogens (tertiary/aromatic N) is 2. The first-order valence-corrected chi connectivity index (χ1v) is 7.71. The van der Waals surface area contributed by atoms with Crippen LogP contribution in [0.4, 0.5) is 6.01 Å². The lowest BCUT2D eigenvalue weighted by atomic mass is 9.84. The van der Waals surface area contributed by atoms with Crippen LogP contribution in [0.1, 0.15) is 39.0 Å². The molecular weight excluding hydrogens is 248 g/mol. The smallest absolute Gasteiger partial charge is 0.315 e. The van der Waals surface area contributed by atoms with Gasteiger partial charge in [-0.05, 0) is 19.1 Å². The second-order valence-electron chi connectivity index (χ2n) is 5.13. The average molecular weight is 270 g/mol. The number of aromatic nitrogens is 2. The molecule has 0 spiro atoms. The van der Waals surface area contributed by atoms with Gasteiger partial charge in [0.05, 0.1) is 6.54 Å². The Balaban J connectivity index is 1.79. The minimum Gasteiger partial charge on any atom is -0.407 e. The molecule has 102 valence electrons. The van der Waals surface area contributed by atoms with E-state index in [1.165, 1.54) is 19.3 Å². The fraction of sp³-hybridized carbons (Fsp3) is 0.833. The van der Waals surface area contributed by atoms with Gasteiger partial charge < -0.3 is 15.1 Å². The molecule has 0 radical (unpaired) electrons. The van der Waals surface area contributed by atoms with Crippen molar-refractivity contribution in [3.05, 3.63) is 5.89 Å². The second-order valence-corrected chi connectivity index (χ2v) is 6.41. The summed E-state index contributed by atoms with van der Waals surface area (Å²) in [6.45, 7) is 5.72. The Labute approximate surface area is 112 Å². The highest BCUT2D eigenvalue weighted by molar-refractivity contribution is 8.00. The third kappa shape index (κ3) is 3.38. The van der Waals surface area contributed by atoms with Crippen LogP contribution in [0.2, 0.25) is 0 Å². The van der Waals surface area contributed by atoms with E-state index in [4.69, 9.17) is 4.42 Å². The molecule has 1 aliphatic carbocycles. The van der Waals surface area contributed by atoms with Gasteiger partial charge in [0, 0.05) is 17.3 Å². The lowest BCUT2D eigenvalue weighted by molar-refractivity contribution is 0.375. The first kappa shape index (κ1) is 13.7. The molecular formula is C12H22N4OS. The summed E-state index contributed by atoms with van der Waals surface area (Å²) in [4.78, 5) is 0. The summed E-state index contributed by atoms with van der Waals surface area (Å²) in [5.74, 6) is 0.637. The summed E-state index contributed by atoms with van der Waals surface area (Å²) < 4.78 is 5.92. The molecule has 2 N–H and O–H groups in total. The van der Waals surface area contributed by atoms with Gasteiger partial charge in [-0.3, -0.25) is 0 Å². The van der Waals surface area contributed by atoms with Crippen LogP contribution in [0.15, 0.2) is 4.42 Å². The zero-order chi connectivity index (χ0) is 13.0. The third-order valence-electron chi connectivity index (χ3n) is 3.39. The zero-order valence-electron chi connectivity index (χ0n) is 11.3. The zero-order valence-corrected chi connectivity index (χ0v) is 12.1. The van der Waals surface area contributed by atoms with E-state index in [0.717, 1.165) is 6.54 Å². The summed E-state index contributed by atoms with van der Waals surface area (Å²) >= 11 is 1.93. The molecule has 18 heavy (non-hydrogen) atoms. The SMILES string of the molecule is CSC1(CNc2nnc(CNC(C)C)o2)CCC1. The van der Waals surface area contributed by atoms with Crippen molar-refractivity contribution in [3.63, 3.8) is 0 Å². The minimum atomic E-state index is 0.380. The Bertz CT molecular complexity index is 370. The molecule has 0 aromatic carbocycles. The van der Waals surface area contributed by atoms with E-state index < -0.39 is 0 Å². The van der Waals surface area contributed by atoms with Gasteiger partial charge >= 0.3 is 6.01 Å². The van der Waals surface area contributed by atoms with Gasteiger partial charge in [-0.15, -0.1) is 5.10 Å². The predicted octanol–water partition coefficient (Wildman–Crippen LogP) is 2.27. The highest BCUT2D eigenvalue weighted by Gasteiger charge is 2.36. The maximum atomic E-state index is 5.54. The number of hydrogen-bond donors (Lipinski definition) is 2. The van der Waals surface area contributed by atoms with Crippen LogP contribution in [0.3, 0.4) is 0 Å². The fourth-order valence-corrected chi connectivity index (χ4v) is 2.86. The molecule has 1 fully saturated rings. The van der Waals surface area contributed by atoms with Crippen molar-refractivity contribution in [3.8, 4) is 0 Å². The molecule has 0 bridgehead atoms. The lowest BCUT2D eigenvalue weighted by Crippen LogP contribution is -2.40. The topological polar surface area (TPSA) is 63.0 Å². The van der Waals surface area contributed by atoms with Crippen LogP contribution < -0.4 is 10.6 Å². The molecule has 2 rings (SSSR count). The van der Waals surface area contributed by atoms with E-state index in [0.29, 0.717) is 29.2 Å². The molecule has 1 aliphatic rings. The molecule has 0 saturated heterocycles. The Hall–Kier alpha value is -0.750. The Kier molecular flexibility index (Phi) is 4.50. The van der Waals surface area contributed by atoms with Crippen molar-refractivity contribution in [2.75, 3.05) is 18.1 Å². The van der Waals surface area contributed by atoms with Crippen LogP contribution in [0.5, 0.6) is 0 Å². The van der Waals surface area contributed by atoms with Crippen LogP contribution in [-0.4, -0.2) is 33.8 Å². The maximum absolute atomic E-state index is 5.54. The Morgan fingerprint density at radius 2 is 2.17 bits per heavy atom. The van der Waals surface area contributed by atoms with Crippen LogP contribution >= 0.6 is 11.8 Å². The summed E-state index contributed by atoms with van der Waals surface area (Å²) in [7, 11) is 0. The second kappa shape index (κ2) is 5.93. The first-order chi connectivity index (χ1) is 8.63. The molecule has 1 aromatic heterocycles. The third-order valence-corrected chi connectivity index (χ3v) is 4.81. The van der Waals surface area contributed by atoms with Gasteiger partial charge in [-0.1, -0.05) is 25.4 Å². The van der Waals surface area contributed by atoms with E-state index in [9.17, 15) is 0 Å². The monoisotopic (exact) mass is 270 g/mol. The van der Waals surface area contributed by atoms with E-state index >= 15 is 0 Å². The number of rotatable bonds is 7. The van der Waals surface area contributed by atoms with Crippen LogP contribution in [0, 0.1) is 0 Å². The Morgan fingerprint density at radius 1 is 1.39 bits per heavy atom. The van der Waals surface area contributed by atoms with Gasteiger partial charge in [0.2, 0.25) is 5.89 Å². The summed E-state index contributed by atoms with van der Waals surface area (Å²) in [6, 6.07) is 0.957.